The van der Waals surface area contributed by atoms with E-state index in [-0.39, 0.29) is 17.6 Å². The van der Waals surface area contributed by atoms with E-state index in [1.54, 1.807) is 13.2 Å². The van der Waals surface area contributed by atoms with Crippen LogP contribution < -0.4 is 15.0 Å². The van der Waals surface area contributed by atoms with E-state index in [2.05, 4.69) is 35.3 Å². The van der Waals surface area contributed by atoms with Gasteiger partial charge in [-0.15, -0.1) is 0 Å². The number of phenols is 1. The van der Waals surface area contributed by atoms with Crippen molar-refractivity contribution in [3.8, 4) is 11.5 Å². The van der Waals surface area contributed by atoms with Crippen molar-refractivity contribution in [1.82, 2.24) is 0 Å². The van der Waals surface area contributed by atoms with Gasteiger partial charge in [-0.25, -0.2) is 0 Å². The maximum Gasteiger partial charge on any atom is 0.225 e. The standard InChI is InChI=1S/C22H26N2O3/c1-3-8-24-9-4-5-15-10-14(6-7-19(15)24)16-12-22(26)23-18-13-20(25)21(27-2)11-17(16)18/h6-7,10-11,13,16,25H,3-5,8-9,12H2,1-2H3,(H,23,26). The van der Waals surface area contributed by atoms with Gasteiger partial charge in [-0.1, -0.05) is 19.1 Å². The van der Waals surface area contributed by atoms with Crippen molar-refractivity contribution in [3.05, 3.63) is 47.0 Å². The summed E-state index contributed by atoms with van der Waals surface area (Å²) >= 11 is 0. The van der Waals surface area contributed by atoms with Crippen LogP contribution >= 0.6 is 0 Å². The van der Waals surface area contributed by atoms with Crippen LogP contribution in [-0.2, 0) is 11.2 Å². The Kier molecular flexibility index (Phi) is 4.68. The molecular formula is C22H26N2O3. The summed E-state index contributed by atoms with van der Waals surface area (Å²) in [5, 5.41) is 12.9. The summed E-state index contributed by atoms with van der Waals surface area (Å²) < 4.78 is 5.28. The van der Waals surface area contributed by atoms with Crippen molar-refractivity contribution in [3.63, 3.8) is 0 Å². The lowest BCUT2D eigenvalue weighted by molar-refractivity contribution is -0.116. The average molecular weight is 366 g/mol. The average Bonchev–Trinajstić information content (AvgIpc) is 2.67. The van der Waals surface area contributed by atoms with Crippen LogP contribution in [0.3, 0.4) is 0 Å². The van der Waals surface area contributed by atoms with E-state index >= 15 is 0 Å². The molecule has 4 rings (SSSR count). The number of hydrogen-bond acceptors (Lipinski definition) is 4. The molecule has 142 valence electrons. The largest absolute Gasteiger partial charge is 0.504 e. The highest BCUT2D eigenvalue weighted by atomic mass is 16.5. The van der Waals surface area contributed by atoms with Gasteiger partial charge in [0.2, 0.25) is 5.91 Å². The zero-order valence-corrected chi connectivity index (χ0v) is 15.9. The molecule has 5 heteroatoms. The van der Waals surface area contributed by atoms with Crippen LogP contribution in [0.2, 0.25) is 0 Å². The summed E-state index contributed by atoms with van der Waals surface area (Å²) in [5.41, 5.74) is 5.50. The summed E-state index contributed by atoms with van der Waals surface area (Å²) in [7, 11) is 1.54. The minimum atomic E-state index is -0.0323. The van der Waals surface area contributed by atoms with Crippen LogP contribution in [0.1, 0.15) is 48.8 Å². The highest BCUT2D eigenvalue weighted by molar-refractivity contribution is 5.96. The molecule has 0 aromatic heterocycles. The van der Waals surface area contributed by atoms with Crippen LogP contribution in [0.4, 0.5) is 11.4 Å². The van der Waals surface area contributed by atoms with E-state index in [4.69, 9.17) is 4.74 Å². The second kappa shape index (κ2) is 7.14. The van der Waals surface area contributed by atoms with Gasteiger partial charge >= 0.3 is 0 Å². The van der Waals surface area contributed by atoms with Crippen LogP contribution in [-0.4, -0.2) is 31.2 Å². The zero-order valence-electron chi connectivity index (χ0n) is 15.9. The first-order chi connectivity index (χ1) is 13.1. The van der Waals surface area contributed by atoms with Gasteiger partial charge in [0.1, 0.15) is 0 Å². The third kappa shape index (κ3) is 3.22. The molecule has 27 heavy (non-hydrogen) atoms. The number of methoxy groups -OCH3 is 1. The molecule has 1 atom stereocenters. The van der Waals surface area contributed by atoms with Crippen LogP contribution in [0, 0.1) is 0 Å². The number of carbonyl (C=O) groups is 1. The number of nitrogens with zero attached hydrogens (tertiary/aromatic N) is 1. The number of amides is 1. The Labute approximate surface area is 160 Å². The minimum Gasteiger partial charge on any atom is -0.504 e. The number of aryl methyl sites for hydroxylation is 1. The van der Waals surface area contributed by atoms with Crippen molar-refractivity contribution in [2.24, 2.45) is 0 Å². The lowest BCUT2D eigenvalue weighted by atomic mass is 9.83. The van der Waals surface area contributed by atoms with Crippen LogP contribution in [0.15, 0.2) is 30.3 Å². The number of anilines is 2. The molecule has 2 heterocycles. The maximum atomic E-state index is 12.3. The molecule has 2 aliphatic heterocycles. The molecule has 0 saturated carbocycles. The number of carbonyl (C=O) groups excluding carboxylic acids is 1. The Morgan fingerprint density at radius 1 is 1.30 bits per heavy atom. The van der Waals surface area contributed by atoms with E-state index in [1.807, 2.05) is 6.07 Å². The highest BCUT2D eigenvalue weighted by Crippen LogP contribution is 2.43. The van der Waals surface area contributed by atoms with Crippen molar-refractivity contribution in [2.45, 2.75) is 38.5 Å². The third-order valence-corrected chi connectivity index (χ3v) is 5.60. The summed E-state index contributed by atoms with van der Waals surface area (Å²) in [6.07, 6.45) is 3.78. The predicted octanol–water partition coefficient (Wildman–Crippen LogP) is 4.04. The first kappa shape index (κ1) is 17.7. The summed E-state index contributed by atoms with van der Waals surface area (Å²) in [5.74, 6) is 0.414. The fourth-order valence-electron chi connectivity index (χ4n) is 4.35. The van der Waals surface area contributed by atoms with E-state index < -0.39 is 0 Å². The Morgan fingerprint density at radius 2 is 2.15 bits per heavy atom. The highest BCUT2D eigenvalue weighted by Gasteiger charge is 2.29. The van der Waals surface area contributed by atoms with E-state index in [1.165, 1.54) is 17.7 Å². The van der Waals surface area contributed by atoms with Gasteiger partial charge in [-0.05, 0) is 48.1 Å². The first-order valence-corrected chi connectivity index (χ1v) is 9.69. The number of nitrogens with one attached hydrogen (secondary N) is 1. The molecule has 1 amide bonds. The normalized spacial score (nSPS) is 18.5. The number of fused-ring (bicyclic) bond motifs is 2. The Hall–Kier alpha value is -2.69. The molecule has 0 radical (unpaired) electrons. The summed E-state index contributed by atoms with van der Waals surface area (Å²) in [4.78, 5) is 14.7. The fourth-order valence-corrected chi connectivity index (χ4v) is 4.35. The smallest absolute Gasteiger partial charge is 0.225 e. The van der Waals surface area contributed by atoms with Gasteiger partial charge in [-0.3, -0.25) is 4.79 Å². The van der Waals surface area contributed by atoms with E-state index in [0.29, 0.717) is 17.9 Å². The number of ether oxygens (including phenoxy) is 1. The number of hydrogen-bond donors (Lipinski definition) is 2. The van der Waals surface area contributed by atoms with Crippen LogP contribution in [0.5, 0.6) is 11.5 Å². The summed E-state index contributed by atoms with van der Waals surface area (Å²) in [6.45, 7) is 4.41. The topological polar surface area (TPSA) is 61.8 Å². The number of aromatic hydroxyl groups is 1. The van der Waals surface area contributed by atoms with Gasteiger partial charge in [0.25, 0.3) is 0 Å². The molecule has 2 aromatic rings. The predicted molar refractivity (Wildman–Crippen MR) is 107 cm³/mol. The van der Waals surface area contributed by atoms with E-state index in [9.17, 15) is 9.90 Å². The number of phenolic OH excluding ortho intramolecular Hbond substituents is 1. The molecule has 0 bridgehead atoms. The molecule has 0 fully saturated rings. The van der Waals surface area contributed by atoms with Crippen molar-refractivity contribution < 1.29 is 14.6 Å². The van der Waals surface area contributed by atoms with Crippen LogP contribution in [0.25, 0.3) is 0 Å². The van der Waals surface area contributed by atoms with Gasteiger partial charge in [0.05, 0.1) is 7.11 Å². The number of rotatable bonds is 4. The molecular weight excluding hydrogens is 340 g/mol. The van der Waals surface area contributed by atoms with Gasteiger partial charge in [0, 0.05) is 42.9 Å². The molecule has 0 aliphatic carbocycles. The van der Waals surface area contributed by atoms with Gasteiger partial charge in [0.15, 0.2) is 11.5 Å². The van der Waals surface area contributed by atoms with Gasteiger partial charge in [-0.2, -0.15) is 0 Å². The monoisotopic (exact) mass is 366 g/mol. The molecule has 1 unspecified atom stereocenters. The molecule has 0 spiro atoms. The van der Waals surface area contributed by atoms with Crippen molar-refractivity contribution in [1.29, 1.82) is 0 Å². The first-order valence-electron chi connectivity index (χ1n) is 9.69. The summed E-state index contributed by atoms with van der Waals surface area (Å²) in [6, 6.07) is 10.1. The number of benzene rings is 2. The maximum absolute atomic E-state index is 12.3. The van der Waals surface area contributed by atoms with Crippen molar-refractivity contribution >= 4 is 17.3 Å². The Bertz CT molecular complexity index is 878. The molecule has 2 aliphatic rings. The Morgan fingerprint density at radius 3 is 2.93 bits per heavy atom. The molecule has 5 nitrogen and oxygen atoms in total. The Balaban J connectivity index is 1.75. The fraction of sp³-hybridized carbons (Fsp3) is 0.409. The van der Waals surface area contributed by atoms with Gasteiger partial charge < -0.3 is 20.1 Å². The SMILES string of the molecule is CCCN1CCCc2cc(C3CC(=O)Nc4cc(O)c(OC)cc43)ccc21. The minimum absolute atomic E-state index is 0.0256. The molecule has 0 saturated heterocycles. The van der Waals surface area contributed by atoms with Crippen molar-refractivity contribution in [2.75, 3.05) is 30.4 Å². The molecule has 2 aromatic carbocycles. The molecule has 2 N–H and O–H groups in total. The second-order valence-corrected chi connectivity index (χ2v) is 7.39. The quantitative estimate of drug-likeness (QED) is 0.857. The van der Waals surface area contributed by atoms with E-state index in [0.717, 1.165) is 37.1 Å². The zero-order chi connectivity index (χ0) is 19.0. The lowest BCUT2D eigenvalue weighted by Gasteiger charge is -2.33. The second-order valence-electron chi connectivity index (χ2n) is 7.39. The third-order valence-electron chi connectivity index (χ3n) is 5.60. The lowest BCUT2D eigenvalue weighted by Crippen LogP contribution is -2.30.